The average molecular weight is 394 g/mol. The van der Waals surface area contributed by atoms with Crippen molar-refractivity contribution in [2.24, 2.45) is 0 Å². The topological polar surface area (TPSA) is 99.2 Å². The molecule has 0 spiro atoms. The van der Waals surface area contributed by atoms with Gasteiger partial charge in [0.2, 0.25) is 27.5 Å². The van der Waals surface area contributed by atoms with Crippen LogP contribution in [0.2, 0.25) is 0 Å². The number of benzene rings is 2. The monoisotopic (exact) mass is 394 g/mol. The van der Waals surface area contributed by atoms with E-state index in [1.165, 1.54) is 9.87 Å². The van der Waals surface area contributed by atoms with Gasteiger partial charge in [-0.15, -0.1) is 0 Å². The van der Waals surface area contributed by atoms with Crippen LogP contribution in [0.4, 0.5) is 5.88 Å². The van der Waals surface area contributed by atoms with E-state index in [-0.39, 0.29) is 22.4 Å². The quantitative estimate of drug-likeness (QED) is 0.730. The van der Waals surface area contributed by atoms with Gasteiger partial charge < -0.3 is 9.73 Å². The minimum Gasteiger partial charge on any atom is -0.419 e. The van der Waals surface area contributed by atoms with Gasteiger partial charge in [-0.1, -0.05) is 24.3 Å². The summed E-state index contributed by atoms with van der Waals surface area (Å²) >= 11 is 0. The maximum Gasteiger partial charge on any atom is 0.243 e. The first-order valence-corrected chi connectivity index (χ1v) is 10.2. The maximum absolute atomic E-state index is 13.0. The Balaban J connectivity index is 1.60. The number of oxazole rings is 1. The van der Waals surface area contributed by atoms with Crippen LogP contribution in [0.5, 0.6) is 0 Å². The van der Waals surface area contributed by atoms with E-state index in [0.29, 0.717) is 25.1 Å². The van der Waals surface area contributed by atoms with Crippen LogP contribution in [-0.4, -0.2) is 31.3 Å². The molecule has 28 heavy (non-hydrogen) atoms. The summed E-state index contributed by atoms with van der Waals surface area (Å²) in [6, 6.07) is 16.2. The Morgan fingerprint density at radius 2 is 1.86 bits per heavy atom. The van der Waals surface area contributed by atoms with Crippen LogP contribution in [0.25, 0.3) is 11.5 Å². The summed E-state index contributed by atoms with van der Waals surface area (Å²) in [5, 5.41) is 11.8. The first-order valence-electron chi connectivity index (χ1n) is 8.79. The molecule has 0 unspecified atom stereocenters. The third kappa shape index (κ3) is 3.15. The molecule has 2 heterocycles. The van der Waals surface area contributed by atoms with E-state index in [1.54, 1.807) is 31.3 Å². The normalized spacial score (nSPS) is 14.3. The lowest BCUT2D eigenvalue weighted by Gasteiger charge is -2.28. The zero-order valence-electron chi connectivity index (χ0n) is 15.2. The lowest BCUT2D eigenvalue weighted by Crippen LogP contribution is -2.35. The summed E-state index contributed by atoms with van der Waals surface area (Å²) in [7, 11) is -1.96. The molecule has 1 aromatic heterocycles. The van der Waals surface area contributed by atoms with Gasteiger partial charge in [0, 0.05) is 25.7 Å². The molecule has 0 saturated carbocycles. The van der Waals surface area contributed by atoms with Crippen molar-refractivity contribution in [3.63, 3.8) is 0 Å². The predicted octanol–water partition coefficient (Wildman–Crippen LogP) is 3.00. The molecule has 1 aliphatic rings. The molecular formula is C20H18N4O3S. The van der Waals surface area contributed by atoms with E-state index in [1.807, 2.05) is 30.3 Å². The van der Waals surface area contributed by atoms with E-state index >= 15 is 0 Å². The van der Waals surface area contributed by atoms with Crippen LogP contribution < -0.4 is 5.32 Å². The Bertz CT molecular complexity index is 1160. The van der Waals surface area contributed by atoms with Crippen molar-refractivity contribution in [1.82, 2.24) is 9.29 Å². The molecule has 7 nitrogen and oxygen atoms in total. The molecule has 0 fully saturated rings. The van der Waals surface area contributed by atoms with Crippen LogP contribution in [-0.2, 0) is 23.0 Å². The highest BCUT2D eigenvalue weighted by Crippen LogP contribution is 2.28. The van der Waals surface area contributed by atoms with Gasteiger partial charge in [0.1, 0.15) is 6.07 Å². The van der Waals surface area contributed by atoms with Gasteiger partial charge in [0.15, 0.2) is 0 Å². The van der Waals surface area contributed by atoms with Crippen LogP contribution in [0.15, 0.2) is 57.8 Å². The number of aromatic nitrogens is 1. The highest BCUT2D eigenvalue weighted by molar-refractivity contribution is 7.89. The van der Waals surface area contributed by atoms with Crippen LogP contribution in [0.3, 0.4) is 0 Å². The molecule has 1 N–H and O–H groups in total. The molecule has 2 aromatic carbocycles. The van der Waals surface area contributed by atoms with Gasteiger partial charge in [-0.2, -0.15) is 14.6 Å². The highest BCUT2D eigenvalue weighted by Gasteiger charge is 2.28. The molecule has 0 radical (unpaired) electrons. The van der Waals surface area contributed by atoms with Gasteiger partial charge in [-0.05, 0) is 41.8 Å². The van der Waals surface area contributed by atoms with Crippen LogP contribution >= 0.6 is 0 Å². The largest absolute Gasteiger partial charge is 0.419 e. The lowest BCUT2D eigenvalue weighted by molar-refractivity contribution is 0.391. The molecule has 0 bridgehead atoms. The Labute approximate surface area is 163 Å². The van der Waals surface area contributed by atoms with Gasteiger partial charge in [-0.3, -0.25) is 0 Å². The molecular weight excluding hydrogens is 376 g/mol. The Hall–Kier alpha value is -3.15. The van der Waals surface area contributed by atoms with E-state index in [9.17, 15) is 8.42 Å². The summed E-state index contributed by atoms with van der Waals surface area (Å²) in [6.45, 7) is 0.828. The smallest absolute Gasteiger partial charge is 0.243 e. The zero-order chi connectivity index (χ0) is 19.7. The van der Waals surface area contributed by atoms with E-state index in [2.05, 4.69) is 10.3 Å². The first kappa shape index (κ1) is 18.2. The molecule has 0 amide bonds. The zero-order valence-corrected chi connectivity index (χ0v) is 16.0. The third-order valence-corrected chi connectivity index (χ3v) is 6.65. The Kier molecular flexibility index (Phi) is 4.63. The van der Waals surface area contributed by atoms with E-state index in [4.69, 9.17) is 9.68 Å². The molecule has 142 valence electrons. The number of rotatable bonds is 4. The number of nitrogens with one attached hydrogen (secondary N) is 1. The van der Waals surface area contributed by atoms with Crippen molar-refractivity contribution in [2.75, 3.05) is 18.9 Å². The number of nitriles is 1. The number of nitrogens with zero attached hydrogens (tertiary/aromatic N) is 3. The second-order valence-electron chi connectivity index (χ2n) is 6.44. The second-order valence-corrected chi connectivity index (χ2v) is 8.38. The Morgan fingerprint density at radius 1 is 1.14 bits per heavy atom. The highest BCUT2D eigenvalue weighted by atomic mass is 32.2. The van der Waals surface area contributed by atoms with Gasteiger partial charge in [0.25, 0.3) is 0 Å². The number of hydrogen-bond donors (Lipinski definition) is 1. The van der Waals surface area contributed by atoms with Crippen LogP contribution in [0.1, 0.15) is 16.8 Å². The maximum atomic E-state index is 13.0. The average Bonchev–Trinajstić information content (AvgIpc) is 3.17. The molecule has 8 heteroatoms. The van der Waals surface area contributed by atoms with Gasteiger partial charge >= 0.3 is 0 Å². The summed E-state index contributed by atoms with van der Waals surface area (Å²) in [5.74, 6) is 0.540. The predicted molar refractivity (Wildman–Crippen MR) is 104 cm³/mol. The van der Waals surface area contributed by atoms with Crippen molar-refractivity contribution in [3.8, 4) is 17.5 Å². The molecule has 0 aliphatic carbocycles. The van der Waals surface area contributed by atoms with Crippen molar-refractivity contribution in [1.29, 1.82) is 5.26 Å². The molecule has 1 aliphatic heterocycles. The summed E-state index contributed by atoms with van der Waals surface area (Å²) in [5.41, 5.74) is 2.99. The molecule has 4 rings (SSSR count). The minimum atomic E-state index is -3.60. The fourth-order valence-corrected chi connectivity index (χ4v) is 4.70. The minimum absolute atomic E-state index is 0.154. The van der Waals surface area contributed by atoms with Gasteiger partial charge in [0.05, 0.1) is 4.90 Å². The summed E-state index contributed by atoms with van der Waals surface area (Å²) in [6.07, 6.45) is 0.702. The Morgan fingerprint density at radius 3 is 2.50 bits per heavy atom. The first-order chi connectivity index (χ1) is 13.5. The fourth-order valence-electron chi connectivity index (χ4n) is 3.28. The van der Waals surface area contributed by atoms with Crippen molar-refractivity contribution >= 4 is 15.9 Å². The number of anilines is 1. The second kappa shape index (κ2) is 7.11. The standard InChI is InChI=1S/C20H18N4O3S/c1-22-20-18(12-21)23-19(27-20)15-6-8-17(9-7-15)28(25,26)24-11-10-14-4-2-3-5-16(14)13-24/h2-9,22H,10-11,13H2,1H3. The van der Waals surface area contributed by atoms with E-state index < -0.39 is 10.0 Å². The number of fused-ring (bicyclic) bond motifs is 1. The number of hydrogen-bond acceptors (Lipinski definition) is 6. The third-order valence-electron chi connectivity index (χ3n) is 4.79. The van der Waals surface area contributed by atoms with Gasteiger partial charge in [-0.25, -0.2) is 8.42 Å². The molecule has 3 aromatic rings. The van der Waals surface area contributed by atoms with Crippen LogP contribution in [0, 0.1) is 11.3 Å². The van der Waals surface area contributed by atoms with E-state index in [0.717, 1.165) is 5.56 Å². The van der Waals surface area contributed by atoms with Crippen molar-refractivity contribution in [2.45, 2.75) is 17.9 Å². The number of sulfonamides is 1. The van der Waals surface area contributed by atoms with Crippen molar-refractivity contribution < 1.29 is 12.8 Å². The lowest BCUT2D eigenvalue weighted by atomic mass is 10.0. The fraction of sp³-hybridized carbons (Fsp3) is 0.200. The summed E-state index contributed by atoms with van der Waals surface area (Å²) < 4.78 is 33.1. The molecule has 0 atom stereocenters. The van der Waals surface area contributed by atoms with Crippen molar-refractivity contribution in [3.05, 3.63) is 65.4 Å². The molecule has 0 saturated heterocycles. The summed E-state index contributed by atoms with van der Waals surface area (Å²) in [4.78, 5) is 4.35. The SMILES string of the molecule is CNc1oc(-c2ccc(S(=O)(=O)N3CCc4ccccc4C3)cc2)nc1C#N.